The first-order valence-electron chi connectivity index (χ1n) is 6.44. The Hall–Kier alpha value is -0.130. The molecule has 17 heavy (non-hydrogen) atoms. The molecule has 0 amide bonds. The number of likely N-dealkylation sites (N-methyl/N-ethyl adjacent to an activating group) is 1. The molecule has 1 aromatic rings. The summed E-state index contributed by atoms with van der Waals surface area (Å²) in [5.41, 5.74) is 1.39. The van der Waals surface area contributed by atoms with Crippen molar-refractivity contribution in [3.05, 3.63) is 33.4 Å². The molecule has 1 fully saturated rings. The third kappa shape index (κ3) is 3.93. The molecule has 0 aliphatic heterocycles. The van der Waals surface area contributed by atoms with Crippen LogP contribution in [-0.4, -0.2) is 19.1 Å². The number of hydrogen-bond acceptors (Lipinski definition) is 2. The molecule has 0 saturated heterocycles. The van der Waals surface area contributed by atoms with Crippen LogP contribution < -0.4 is 10.6 Å². The summed E-state index contributed by atoms with van der Waals surface area (Å²) in [7, 11) is 2.08. The molecular formula is C14H21IN2. The van der Waals surface area contributed by atoms with Crippen LogP contribution in [0, 0.1) is 3.57 Å². The fourth-order valence-electron chi connectivity index (χ4n) is 2.62. The first-order valence-corrected chi connectivity index (χ1v) is 7.52. The highest BCUT2D eigenvalue weighted by molar-refractivity contribution is 14.1. The third-order valence-corrected chi connectivity index (χ3v) is 4.27. The lowest BCUT2D eigenvalue weighted by Gasteiger charge is -2.32. The van der Waals surface area contributed by atoms with E-state index in [1.807, 2.05) is 0 Å². The van der Waals surface area contributed by atoms with Crippen molar-refractivity contribution in [3.8, 4) is 0 Å². The van der Waals surface area contributed by atoms with Crippen molar-refractivity contribution in [3.63, 3.8) is 0 Å². The van der Waals surface area contributed by atoms with Crippen LogP contribution in [0.15, 0.2) is 24.3 Å². The Bertz CT molecular complexity index is 354. The van der Waals surface area contributed by atoms with Gasteiger partial charge in [-0.05, 0) is 60.2 Å². The van der Waals surface area contributed by atoms with Crippen molar-refractivity contribution in [1.29, 1.82) is 0 Å². The lowest BCUT2D eigenvalue weighted by atomic mass is 9.90. The summed E-state index contributed by atoms with van der Waals surface area (Å²) in [5, 5.41) is 7.14. The molecule has 0 radical (unpaired) electrons. The lowest BCUT2D eigenvalue weighted by molar-refractivity contribution is 0.294. The summed E-state index contributed by atoms with van der Waals surface area (Å²) in [4.78, 5) is 0. The zero-order valence-electron chi connectivity index (χ0n) is 10.4. The van der Waals surface area contributed by atoms with Gasteiger partial charge in [-0.1, -0.05) is 25.0 Å². The van der Waals surface area contributed by atoms with Gasteiger partial charge in [0.2, 0.25) is 0 Å². The molecule has 1 aliphatic carbocycles. The molecule has 0 aromatic heterocycles. The fraction of sp³-hybridized carbons (Fsp3) is 0.571. The molecule has 0 spiro atoms. The van der Waals surface area contributed by atoms with E-state index in [2.05, 4.69) is 64.5 Å². The second kappa shape index (κ2) is 6.71. The van der Waals surface area contributed by atoms with E-state index in [-0.39, 0.29) is 0 Å². The highest BCUT2D eigenvalue weighted by Gasteiger charge is 2.22. The molecule has 94 valence electrons. The van der Waals surface area contributed by atoms with Crippen LogP contribution in [0.1, 0.15) is 31.2 Å². The van der Waals surface area contributed by atoms with Gasteiger partial charge in [0.1, 0.15) is 0 Å². The summed E-state index contributed by atoms with van der Waals surface area (Å²) in [6, 6.07) is 10.0. The standard InChI is InChI=1S/C14H21IN2/c1-16-13-7-2-3-8-14(13)17-10-11-5-4-6-12(15)9-11/h4-6,9,13-14,16-17H,2-3,7-8,10H2,1H3. The second-order valence-electron chi connectivity index (χ2n) is 4.80. The average molecular weight is 344 g/mol. The highest BCUT2D eigenvalue weighted by atomic mass is 127. The van der Waals surface area contributed by atoms with E-state index in [1.54, 1.807) is 0 Å². The van der Waals surface area contributed by atoms with Crippen LogP contribution in [0.5, 0.6) is 0 Å². The Kier molecular flexibility index (Phi) is 5.25. The van der Waals surface area contributed by atoms with Crippen LogP contribution in [0.2, 0.25) is 0 Å². The lowest BCUT2D eigenvalue weighted by Crippen LogP contribution is -2.48. The van der Waals surface area contributed by atoms with E-state index in [0.717, 1.165) is 6.54 Å². The minimum Gasteiger partial charge on any atom is -0.315 e. The van der Waals surface area contributed by atoms with Gasteiger partial charge in [-0.2, -0.15) is 0 Å². The van der Waals surface area contributed by atoms with Crippen molar-refractivity contribution < 1.29 is 0 Å². The van der Waals surface area contributed by atoms with E-state index in [1.165, 1.54) is 34.8 Å². The van der Waals surface area contributed by atoms with Gasteiger partial charge in [-0.25, -0.2) is 0 Å². The summed E-state index contributed by atoms with van der Waals surface area (Å²) in [6.07, 6.45) is 5.34. The van der Waals surface area contributed by atoms with Gasteiger partial charge in [0, 0.05) is 22.2 Å². The van der Waals surface area contributed by atoms with Crippen LogP contribution in [0.4, 0.5) is 0 Å². The molecule has 0 bridgehead atoms. The van der Waals surface area contributed by atoms with Crippen LogP contribution >= 0.6 is 22.6 Å². The zero-order valence-corrected chi connectivity index (χ0v) is 12.5. The minimum absolute atomic E-state index is 0.631. The summed E-state index contributed by atoms with van der Waals surface area (Å²) < 4.78 is 1.32. The molecule has 2 N–H and O–H groups in total. The number of halogens is 1. The normalized spacial score (nSPS) is 24.8. The second-order valence-corrected chi connectivity index (χ2v) is 6.04. The first-order chi connectivity index (χ1) is 8.29. The smallest absolute Gasteiger partial charge is 0.0224 e. The van der Waals surface area contributed by atoms with Gasteiger partial charge >= 0.3 is 0 Å². The monoisotopic (exact) mass is 344 g/mol. The van der Waals surface area contributed by atoms with Crippen molar-refractivity contribution in [2.24, 2.45) is 0 Å². The Labute approximate surface area is 118 Å². The summed E-state index contributed by atoms with van der Waals surface area (Å²) in [6.45, 7) is 0.986. The van der Waals surface area contributed by atoms with E-state index in [0.29, 0.717) is 12.1 Å². The van der Waals surface area contributed by atoms with Crippen molar-refractivity contribution in [1.82, 2.24) is 10.6 Å². The number of benzene rings is 1. The summed E-state index contributed by atoms with van der Waals surface area (Å²) in [5.74, 6) is 0. The predicted molar refractivity (Wildman–Crippen MR) is 81.1 cm³/mol. The number of rotatable bonds is 4. The molecule has 2 nitrogen and oxygen atoms in total. The highest BCUT2D eigenvalue weighted by Crippen LogP contribution is 2.19. The Morgan fingerprint density at radius 2 is 2.00 bits per heavy atom. The van der Waals surface area contributed by atoms with E-state index in [4.69, 9.17) is 0 Å². The van der Waals surface area contributed by atoms with Gasteiger partial charge in [0.05, 0.1) is 0 Å². The van der Waals surface area contributed by atoms with E-state index in [9.17, 15) is 0 Å². The van der Waals surface area contributed by atoms with Gasteiger partial charge in [0.25, 0.3) is 0 Å². The molecule has 2 atom stereocenters. The molecule has 0 heterocycles. The van der Waals surface area contributed by atoms with Crippen LogP contribution in [0.25, 0.3) is 0 Å². The number of hydrogen-bond donors (Lipinski definition) is 2. The van der Waals surface area contributed by atoms with Gasteiger partial charge in [-0.3, -0.25) is 0 Å². The maximum Gasteiger partial charge on any atom is 0.0224 e. The van der Waals surface area contributed by atoms with Gasteiger partial charge in [-0.15, -0.1) is 0 Å². The zero-order chi connectivity index (χ0) is 12.1. The molecule has 1 aliphatic rings. The third-order valence-electron chi connectivity index (χ3n) is 3.59. The Morgan fingerprint density at radius 1 is 1.24 bits per heavy atom. The Balaban J connectivity index is 1.88. The molecule has 3 heteroatoms. The largest absolute Gasteiger partial charge is 0.315 e. The van der Waals surface area contributed by atoms with Gasteiger partial charge < -0.3 is 10.6 Å². The molecule has 1 aromatic carbocycles. The fourth-order valence-corrected chi connectivity index (χ4v) is 3.22. The van der Waals surface area contributed by atoms with E-state index < -0.39 is 0 Å². The average Bonchev–Trinajstić information content (AvgIpc) is 2.37. The van der Waals surface area contributed by atoms with E-state index >= 15 is 0 Å². The molecular weight excluding hydrogens is 323 g/mol. The van der Waals surface area contributed by atoms with Crippen LogP contribution in [-0.2, 0) is 6.54 Å². The molecule has 2 unspecified atom stereocenters. The van der Waals surface area contributed by atoms with Crippen molar-refractivity contribution in [2.75, 3.05) is 7.05 Å². The topological polar surface area (TPSA) is 24.1 Å². The maximum absolute atomic E-state index is 3.70. The molecule has 1 saturated carbocycles. The van der Waals surface area contributed by atoms with Crippen molar-refractivity contribution >= 4 is 22.6 Å². The quantitative estimate of drug-likeness (QED) is 0.821. The summed E-state index contributed by atoms with van der Waals surface area (Å²) >= 11 is 2.37. The minimum atomic E-state index is 0.631. The van der Waals surface area contributed by atoms with Crippen molar-refractivity contribution in [2.45, 2.75) is 44.3 Å². The SMILES string of the molecule is CNC1CCCCC1NCc1cccc(I)c1. The predicted octanol–water partition coefficient (Wildman–Crippen LogP) is 2.91. The maximum atomic E-state index is 3.70. The Morgan fingerprint density at radius 3 is 2.71 bits per heavy atom. The molecule has 2 rings (SSSR count). The van der Waals surface area contributed by atoms with Crippen LogP contribution in [0.3, 0.4) is 0 Å². The first kappa shape index (κ1) is 13.3. The number of nitrogens with one attached hydrogen (secondary N) is 2. The van der Waals surface area contributed by atoms with Gasteiger partial charge in [0.15, 0.2) is 0 Å².